The Morgan fingerprint density at radius 1 is 1.21 bits per heavy atom. The summed E-state index contributed by atoms with van der Waals surface area (Å²) in [5, 5.41) is 9.91. The summed E-state index contributed by atoms with van der Waals surface area (Å²) in [5.41, 5.74) is -0.441. The Balaban J connectivity index is 2.18. The number of halogens is 3. The standard InChI is InChI=1S/C18H15ClF2N2O3S2/c1-11(18-22-9-14(10-24)27-18)23(17-8-13(20)4-7-16(17)21)28(25,26)15-5-2-12(19)3-6-15/h2-9,11,24H,10H2,1H3. The molecule has 0 saturated heterocycles. The van der Waals surface area contributed by atoms with Gasteiger partial charge in [-0.05, 0) is 43.3 Å². The predicted octanol–water partition coefficient (Wildman–Crippen LogP) is 4.52. The zero-order valence-corrected chi connectivity index (χ0v) is 16.9. The molecule has 0 saturated carbocycles. The third kappa shape index (κ3) is 4.02. The van der Waals surface area contributed by atoms with Crippen LogP contribution in [0.2, 0.25) is 5.02 Å². The average Bonchev–Trinajstić information content (AvgIpc) is 3.14. The third-order valence-electron chi connectivity index (χ3n) is 3.95. The van der Waals surface area contributed by atoms with Crippen molar-refractivity contribution in [2.75, 3.05) is 4.31 Å². The average molecular weight is 445 g/mol. The maximum Gasteiger partial charge on any atom is 0.265 e. The van der Waals surface area contributed by atoms with Crippen LogP contribution in [0.1, 0.15) is 22.9 Å². The van der Waals surface area contributed by atoms with Crippen molar-refractivity contribution in [2.24, 2.45) is 0 Å². The van der Waals surface area contributed by atoms with Gasteiger partial charge in [0.25, 0.3) is 10.0 Å². The number of aromatic nitrogens is 1. The topological polar surface area (TPSA) is 70.5 Å². The quantitative estimate of drug-likeness (QED) is 0.606. The van der Waals surface area contributed by atoms with Crippen LogP contribution in [0.3, 0.4) is 0 Å². The maximum atomic E-state index is 14.5. The van der Waals surface area contributed by atoms with Crippen LogP contribution in [0.4, 0.5) is 14.5 Å². The SMILES string of the molecule is CC(c1ncc(CO)s1)N(c1cc(F)ccc1F)S(=O)(=O)c1ccc(Cl)cc1. The minimum atomic E-state index is -4.28. The third-order valence-corrected chi connectivity index (χ3v) is 7.26. The van der Waals surface area contributed by atoms with Gasteiger partial charge in [0, 0.05) is 17.3 Å². The first-order chi connectivity index (χ1) is 13.2. The molecular weight excluding hydrogens is 430 g/mol. The fourth-order valence-electron chi connectivity index (χ4n) is 2.61. The van der Waals surface area contributed by atoms with Gasteiger partial charge in [-0.25, -0.2) is 22.2 Å². The van der Waals surface area contributed by atoms with E-state index in [-0.39, 0.29) is 11.5 Å². The van der Waals surface area contributed by atoms with Crippen LogP contribution >= 0.6 is 22.9 Å². The van der Waals surface area contributed by atoms with Gasteiger partial charge in [0.2, 0.25) is 0 Å². The van der Waals surface area contributed by atoms with Crippen molar-refractivity contribution < 1.29 is 22.3 Å². The lowest BCUT2D eigenvalue weighted by Gasteiger charge is -2.29. The second kappa shape index (κ2) is 8.12. The molecule has 10 heteroatoms. The number of hydrogen-bond donors (Lipinski definition) is 1. The van der Waals surface area contributed by atoms with Gasteiger partial charge >= 0.3 is 0 Å². The van der Waals surface area contributed by atoms with Crippen LogP contribution < -0.4 is 4.31 Å². The van der Waals surface area contributed by atoms with Crippen LogP contribution in [0.15, 0.2) is 53.6 Å². The highest BCUT2D eigenvalue weighted by atomic mass is 35.5. The summed E-state index contributed by atoms with van der Waals surface area (Å²) in [6.45, 7) is 1.25. The molecule has 1 unspecified atom stereocenters. The molecule has 2 aromatic carbocycles. The summed E-state index contributed by atoms with van der Waals surface area (Å²) in [7, 11) is -4.28. The number of aliphatic hydroxyl groups excluding tert-OH is 1. The van der Waals surface area contributed by atoms with E-state index in [9.17, 15) is 22.3 Å². The number of thiazole rings is 1. The second-order valence-electron chi connectivity index (χ2n) is 5.85. The van der Waals surface area contributed by atoms with E-state index < -0.39 is 33.4 Å². The van der Waals surface area contributed by atoms with Crippen LogP contribution in [-0.2, 0) is 16.6 Å². The molecule has 28 heavy (non-hydrogen) atoms. The number of rotatable bonds is 6. The van der Waals surface area contributed by atoms with Gasteiger partial charge < -0.3 is 5.11 Å². The summed E-state index contributed by atoms with van der Waals surface area (Å²) in [6, 6.07) is 7.00. The molecule has 0 radical (unpaired) electrons. The molecule has 1 N–H and O–H groups in total. The molecule has 0 bridgehead atoms. The first-order valence-electron chi connectivity index (χ1n) is 8.04. The Hall–Kier alpha value is -2.07. The van der Waals surface area contributed by atoms with Crippen LogP contribution in [0.25, 0.3) is 0 Å². The van der Waals surface area contributed by atoms with Crippen LogP contribution in [0, 0.1) is 11.6 Å². The molecule has 1 atom stereocenters. The van der Waals surface area contributed by atoms with E-state index in [1.807, 2.05) is 0 Å². The molecule has 5 nitrogen and oxygen atoms in total. The Kier molecular flexibility index (Phi) is 5.99. The van der Waals surface area contributed by atoms with Gasteiger partial charge in [0.1, 0.15) is 16.6 Å². The zero-order valence-electron chi connectivity index (χ0n) is 14.5. The number of sulfonamides is 1. The molecule has 148 valence electrons. The molecule has 0 aliphatic rings. The molecule has 3 rings (SSSR count). The Morgan fingerprint density at radius 2 is 1.89 bits per heavy atom. The van der Waals surface area contributed by atoms with Crippen molar-refractivity contribution in [3.05, 3.63) is 75.2 Å². The van der Waals surface area contributed by atoms with Crippen molar-refractivity contribution in [1.82, 2.24) is 4.98 Å². The van der Waals surface area contributed by atoms with Gasteiger partial charge in [0.15, 0.2) is 0 Å². The molecule has 3 aromatic rings. The lowest BCUT2D eigenvalue weighted by atomic mass is 10.2. The zero-order chi connectivity index (χ0) is 20.5. The van der Waals surface area contributed by atoms with E-state index in [4.69, 9.17) is 11.6 Å². The lowest BCUT2D eigenvalue weighted by molar-refractivity contribution is 0.285. The van der Waals surface area contributed by atoms with Gasteiger partial charge in [-0.15, -0.1) is 11.3 Å². The molecule has 0 aliphatic heterocycles. The molecular formula is C18H15ClF2N2O3S2. The minimum Gasteiger partial charge on any atom is -0.391 e. The van der Waals surface area contributed by atoms with Gasteiger partial charge in [-0.1, -0.05) is 11.6 Å². The maximum absolute atomic E-state index is 14.5. The van der Waals surface area contributed by atoms with Crippen LogP contribution in [-0.4, -0.2) is 18.5 Å². The van der Waals surface area contributed by atoms with Crippen molar-refractivity contribution in [1.29, 1.82) is 0 Å². The summed E-state index contributed by atoms with van der Waals surface area (Å²) in [6.07, 6.45) is 1.41. The van der Waals surface area contributed by atoms with Crippen LogP contribution in [0.5, 0.6) is 0 Å². The van der Waals surface area contributed by atoms with Gasteiger partial charge in [-0.3, -0.25) is 4.31 Å². The number of hydrogen-bond acceptors (Lipinski definition) is 5. The molecule has 0 spiro atoms. The predicted molar refractivity (Wildman–Crippen MR) is 104 cm³/mol. The number of nitrogens with zero attached hydrogens (tertiary/aromatic N) is 2. The van der Waals surface area contributed by atoms with E-state index >= 15 is 0 Å². The molecule has 1 heterocycles. The number of benzene rings is 2. The van der Waals surface area contributed by atoms with Gasteiger partial charge in [0.05, 0.1) is 28.1 Å². The Bertz CT molecular complexity index is 1090. The smallest absolute Gasteiger partial charge is 0.265 e. The Morgan fingerprint density at radius 3 is 2.50 bits per heavy atom. The normalized spacial score (nSPS) is 12.8. The van der Waals surface area contributed by atoms with E-state index in [1.54, 1.807) is 0 Å². The fraction of sp³-hybridized carbons (Fsp3) is 0.167. The number of anilines is 1. The second-order valence-corrected chi connectivity index (χ2v) is 9.25. The molecule has 0 amide bonds. The Labute approximate surface area is 169 Å². The summed E-state index contributed by atoms with van der Waals surface area (Å²) in [5.74, 6) is -1.68. The lowest BCUT2D eigenvalue weighted by Crippen LogP contribution is -2.34. The highest BCUT2D eigenvalue weighted by Gasteiger charge is 2.34. The molecule has 0 fully saturated rings. The van der Waals surface area contributed by atoms with E-state index in [0.29, 0.717) is 14.9 Å². The highest BCUT2D eigenvalue weighted by Crippen LogP contribution is 2.36. The summed E-state index contributed by atoms with van der Waals surface area (Å²) in [4.78, 5) is 4.51. The van der Waals surface area contributed by atoms with E-state index in [2.05, 4.69) is 4.98 Å². The first-order valence-corrected chi connectivity index (χ1v) is 10.7. The van der Waals surface area contributed by atoms with Gasteiger partial charge in [-0.2, -0.15) is 0 Å². The van der Waals surface area contributed by atoms with E-state index in [0.717, 1.165) is 33.8 Å². The molecule has 0 aliphatic carbocycles. The first kappa shape index (κ1) is 20.7. The van der Waals surface area contributed by atoms with E-state index in [1.165, 1.54) is 37.4 Å². The minimum absolute atomic E-state index is 0.133. The van der Waals surface area contributed by atoms with Crippen molar-refractivity contribution >= 4 is 38.6 Å². The molecule has 1 aromatic heterocycles. The monoisotopic (exact) mass is 444 g/mol. The fourth-order valence-corrected chi connectivity index (χ4v) is 5.25. The van der Waals surface area contributed by atoms with Crippen molar-refractivity contribution in [2.45, 2.75) is 24.5 Å². The highest BCUT2D eigenvalue weighted by molar-refractivity contribution is 7.92. The van der Waals surface area contributed by atoms with Crippen molar-refractivity contribution in [3.8, 4) is 0 Å². The largest absolute Gasteiger partial charge is 0.391 e. The summed E-state index contributed by atoms with van der Waals surface area (Å²) >= 11 is 6.91. The number of aliphatic hydroxyl groups is 1. The summed E-state index contributed by atoms with van der Waals surface area (Å²) < 4.78 is 55.8. The van der Waals surface area contributed by atoms with Crippen molar-refractivity contribution in [3.63, 3.8) is 0 Å².